The number of fused-ring (bicyclic) bond motifs is 1. The number of nitrogens with zero attached hydrogens (tertiary/aromatic N) is 4. The smallest absolute Gasteiger partial charge is 0.244 e. The minimum absolute atomic E-state index is 0.278. The fourth-order valence-corrected chi connectivity index (χ4v) is 3.92. The van der Waals surface area contributed by atoms with Gasteiger partial charge in [-0.3, -0.25) is 0 Å². The number of rotatable bonds is 6. The van der Waals surface area contributed by atoms with Crippen LogP contribution in [0.25, 0.3) is 10.8 Å². The van der Waals surface area contributed by atoms with Gasteiger partial charge in [0, 0.05) is 17.0 Å². The van der Waals surface area contributed by atoms with Crippen LogP contribution in [0.4, 0.5) is 0 Å². The summed E-state index contributed by atoms with van der Waals surface area (Å²) in [6, 6.07) is 31.5. The molecule has 0 aliphatic carbocycles. The van der Waals surface area contributed by atoms with Crippen molar-refractivity contribution < 1.29 is 0 Å². The molecule has 5 aromatic rings. The SMILES string of the molecule is O=c1n(Cc2ccccc2)nc(Cc2ccc(Cl)cc2)n1/N=C/c1cccc2ccccc12. The highest BCUT2D eigenvalue weighted by Crippen LogP contribution is 2.17. The predicted octanol–water partition coefficient (Wildman–Crippen LogP) is 5.37. The molecule has 5 rings (SSSR count). The highest BCUT2D eigenvalue weighted by Gasteiger charge is 2.14. The van der Waals surface area contributed by atoms with E-state index in [9.17, 15) is 4.79 Å². The van der Waals surface area contributed by atoms with Crippen molar-refractivity contribution in [3.05, 3.63) is 135 Å². The van der Waals surface area contributed by atoms with Crippen LogP contribution in [0, 0.1) is 0 Å². The monoisotopic (exact) mass is 452 g/mol. The van der Waals surface area contributed by atoms with Crippen LogP contribution in [0.2, 0.25) is 5.02 Å². The van der Waals surface area contributed by atoms with Crippen molar-refractivity contribution in [1.29, 1.82) is 0 Å². The molecule has 0 unspecified atom stereocenters. The summed E-state index contributed by atoms with van der Waals surface area (Å²) >= 11 is 6.03. The van der Waals surface area contributed by atoms with Gasteiger partial charge in [-0.25, -0.2) is 9.48 Å². The quantitative estimate of drug-likeness (QED) is 0.325. The molecule has 0 amide bonds. The molecule has 0 saturated heterocycles. The van der Waals surface area contributed by atoms with Crippen molar-refractivity contribution >= 4 is 28.6 Å². The molecular weight excluding hydrogens is 432 g/mol. The zero-order valence-corrected chi connectivity index (χ0v) is 18.6. The molecule has 33 heavy (non-hydrogen) atoms. The van der Waals surface area contributed by atoms with Crippen LogP contribution in [0.5, 0.6) is 0 Å². The molecule has 4 aromatic carbocycles. The predicted molar refractivity (Wildman–Crippen MR) is 133 cm³/mol. The summed E-state index contributed by atoms with van der Waals surface area (Å²) in [5, 5.41) is 12.1. The van der Waals surface area contributed by atoms with Crippen molar-refractivity contribution in [2.45, 2.75) is 13.0 Å². The maximum absolute atomic E-state index is 13.3. The molecule has 0 atom stereocenters. The number of halogens is 1. The number of hydrogen-bond acceptors (Lipinski definition) is 3. The van der Waals surface area contributed by atoms with E-state index in [2.05, 4.69) is 22.3 Å². The van der Waals surface area contributed by atoms with Crippen LogP contribution in [0.15, 0.2) is 107 Å². The van der Waals surface area contributed by atoms with Gasteiger partial charge >= 0.3 is 5.69 Å². The van der Waals surface area contributed by atoms with Gasteiger partial charge in [-0.05, 0) is 34.0 Å². The summed E-state index contributed by atoms with van der Waals surface area (Å²) < 4.78 is 2.85. The number of benzene rings is 4. The lowest BCUT2D eigenvalue weighted by Gasteiger charge is -2.03. The van der Waals surface area contributed by atoms with E-state index in [1.807, 2.05) is 84.9 Å². The first kappa shape index (κ1) is 20.9. The average Bonchev–Trinajstić information content (AvgIpc) is 3.13. The van der Waals surface area contributed by atoms with E-state index >= 15 is 0 Å². The van der Waals surface area contributed by atoms with E-state index in [0.717, 1.165) is 27.5 Å². The van der Waals surface area contributed by atoms with Crippen molar-refractivity contribution in [1.82, 2.24) is 14.5 Å². The van der Waals surface area contributed by atoms with Gasteiger partial charge in [-0.15, -0.1) is 0 Å². The number of hydrogen-bond donors (Lipinski definition) is 0. The molecule has 162 valence electrons. The molecule has 1 heterocycles. The Morgan fingerprint density at radius 3 is 2.36 bits per heavy atom. The normalized spacial score (nSPS) is 11.4. The summed E-state index contributed by atoms with van der Waals surface area (Å²) in [5.41, 5.74) is 2.66. The Balaban J connectivity index is 1.55. The fourth-order valence-electron chi connectivity index (χ4n) is 3.80. The maximum atomic E-state index is 13.3. The zero-order valence-electron chi connectivity index (χ0n) is 17.8. The van der Waals surface area contributed by atoms with E-state index in [-0.39, 0.29) is 5.69 Å². The first-order chi connectivity index (χ1) is 16.2. The van der Waals surface area contributed by atoms with Gasteiger partial charge in [0.15, 0.2) is 5.82 Å². The average molecular weight is 453 g/mol. The van der Waals surface area contributed by atoms with Crippen LogP contribution < -0.4 is 5.69 Å². The van der Waals surface area contributed by atoms with E-state index < -0.39 is 0 Å². The Morgan fingerprint density at radius 2 is 1.55 bits per heavy atom. The highest BCUT2D eigenvalue weighted by atomic mass is 35.5. The largest absolute Gasteiger partial charge is 0.367 e. The third-order valence-electron chi connectivity index (χ3n) is 5.47. The van der Waals surface area contributed by atoms with E-state index in [4.69, 9.17) is 11.6 Å². The Bertz CT molecular complexity index is 1480. The van der Waals surface area contributed by atoms with Crippen molar-refractivity contribution in [2.75, 3.05) is 0 Å². The van der Waals surface area contributed by atoms with E-state index in [1.54, 1.807) is 6.21 Å². The molecule has 0 aliphatic rings. The molecule has 0 radical (unpaired) electrons. The first-order valence-electron chi connectivity index (χ1n) is 10.7. The van der Waals surface area contributed by atoms with Gasteiger partial charge in [0.2, 0.25) is 0 Å². The standard InChI is InChI=1S/C27H21ClN4O/c28-24-15-13-20(14-16-24)17-26-30-31(19-21-7-2-1-3-8-21)27(33)32(26)29-18-23-11-6-10-22-9-4-5-12-25(22)23/h1-16,18H,17,19H2/b29-18+. The van der Waals surface area contributed by atoms with Gasteiger partial charge in [-0.1, -0.05) is 96.5 Å². The Morgan fingerprint density at radius 1 is 0.818 bits per heavy atom. The fraction of sp³-hybridized carbons (Fsp3) is 0.0741. The summed E-state index contributed by atoms with van der Waals surface area (Å²) in [7, 11) is 0. The zero-order chi connectivity index (χ0) is 22.6. The summed E-state index contributed by atoms with van der Waals surface area (Å²) in [5.74, 6) is 0.565. The molecule has 5 nitrogen and oxygen atoms in total. The second kappa shape index (κ2) is 9.27. The minimum Gasteiger partial charge on any atom is -0.244 e. The molecule has 0 saturated carbocycles. The van der Waals surface area contributed by atoms with Crippen LogP contribution in [0.1, 0.15) is 22.5 Å². The van der Waals surface area contributed by atoms with E-state index in [1.165, 1.54) is 9.36 Å². The lowest BCUT2D eigenvalue weighted by Crippen LogP contribution is -2.24. The maximum Gasteiger partial charge on any atom is 0.367 e. The third-order valence-corrected chi connectivity index (χ3v) is 5.72. The summed E-state index contributed by atoms with van der Waals surface area (Å²) in [4.78, 5) is 13.3. The topological polar surface area (TPSA) is 52.2 Å². The van der Waals surface area contributed by atoms with Crippen molar-refractivity contribution in [3.63, 3.8) is 0 Å². The molecule has 6 heteroatoms. The van der Waals surface area contributed by atoms with Crippen molar-refractivity contribution in [3.8, 4) is 0 Å². The summed E-state index contributed by atoms with van der Waals surface area (Å²) in [6.07, 6.45) is 2.19. The molecule has 0 N–H and O–H groups in total. The highest BCUT2D eigenvalue weighted by molar-refractivity contribution is 6.30. The van der Waals surface area contributed by atoms with Gasteiger partial charge < -0.3 is 0 Å². The van der Waals surface area contributed by atoms with Crippen LogP contribution in [-0.2, 0) is 13.0 Å². The van der Waals surface area contributed by atoms with E-state index in [0.29, 0.717) is 23.8 Å². The molecular formula is C27H21ClN4O. The summed E-state index contributed by atoms with van der Waals surface area (Å²) in [6.45, 7) is 0.379. The van der Waals surface area contributed by atoms with Crippen LogP contribution >= 0.6 is 11.6 Å². The molecule has 1 aromatic heterocycles. The van der Waals surface area contributed by atoms with Gasteiger partial charge in [0.05, 0.1) is 12.8 Å². The Kier molecular flexibility index (Phi) is 5.87. The van der Waals surface area contributed by atoms with Gasteiger partial charge in [0.1, 0.15) is 0 Å². The second-order valence-electron chi connectivity index (χ2n) is 7.77. The van der Waals surface area contributed by atoms with Gasteiger partial charge in [-0.2, -0.15) is 14.9 Å². The molecule has 0 aliphatic heterocycles. The first-order valence-corrected chi connectivity index (χ1v) is 11.0. The lowest BCUT2D eigenvalue weighted by molar-refractivity contribution is 0.643. The lowest BCUT2D eigenvalue weighted by atomic mass is 10.1. The molecule has 0 bridgehead atoms. The number of aromatic nitrogens is 3. The molecule has 0 spiro atoms. The van der Waals surface area contributed by atoms with Gasteiger partial charge in [0.25, 0.3) is 0 Å². The molecule has 0 fully saturated rings. The third kappa shape index (κ3) is 4.64. The van der Waals surface area contributed by atoms with Crippen LogP contribution in [0.3, 0.4) is 0 Å². The Labute approximate surface area is 196 Å². The second-order valence-corrected chi connectivity index (χ2v) is 8.21. The Hall–Kier alpha value is -3.96. The van der Waals surface area contributed by atoms with Crippen LogP contribution in [-0.4, -0.2) is 20.7 Å². The van der Waals surface area contributed by atoms with Crippen molar-refractivity contribution in [2.24, 2.45) is 5.10 Å². The minimum atomic E-state index is -0.278.